The third kappa shape index (κ3) is 2.38. The number of aryl methyl sites for hydroxylation is 1. The molecule has 0 amide bonds. The summed E-state index contributed by atoms with van der Waals surface area (Å²) in [5.74, 6) is -1.17. The van der Waals surface area contributed by atoms with Crippen LogP contribution in [0.3, 0.4) is 0 Å². The van der Waals surface area contributed by atoms with Crippen molar-refractivity contribution in [3.63, 3.8) is 0 Å². The number of carboxylic acids is 1. The van der Waals surface area contributed by atoms with Gasteiger partial charge in [0.2, 0.25) is 0 Å². The summed E-state index contributed by atoms with van der Waals surface area (Å²) in [5, 5.41) is 12.0. The number of fused-ring (bicyclic) bond motifs is 1. The average molecular weight is 289 g/mol. The van der Waals surface area contributed by atoms with Crippen LogP contribution in [0.4, 0.5) is 13.2 Å². The minimum atomic E-state index is -4.67. The highest BCUT2D eigenvalue weighted by Gasteiger charge is 2.34. The van der Waals surface area contributed by atoms with Gasteiger partial charge < -0.3 is 9.67 Å². The van der Waals surface area contributed by atoms with Crippen molar-refractivity contribution >= 4 is 11.6 Å². The largest absolute Gasteiger partial charge is 0.481 e. The van der Waals surface area contributed by atoms with Crippen molar-refractivity contribution in [3.8, 4) is 0 Å². The maximum absolute atomic E-state index is 12.6. The lowest BCUT2D eigenvalue weighted by Gasteiger charge is -2.11. The molecule has 0 aliphatic heterocycles. The summed E-state index contributed by atoms with van der Waals surface area (Å²) in [6.45, 7) is 1.85. The normalized spacial score (nSPS) is 12.0. The van der Waals surface area contributed by atoms with Crippen LogP contribution in [0.1, 0.15) is 18.3 Å². The van der Waals surface area contributed by atoms with Crippen LogP contribution < -0.4 is 5.56 Å². The molecule has 9 heteroatoms. The van der Waals surface area contributed by atoms with E-state index in [0.29, 0.717) is 4.52 Å². The lowest BCUT2D eigenvalue weighted by Crippen LogP contribution is -2.22. The molecule has 0 fully saturated rings. The lowest BCUT2D eigenvalue weighted by molar-refractivity contribution is -0.141. The molecule has 108 valence electrons. The Morgan fingerprint density at radius 2 is 2.05 bits per heavy atom. The number of hydrogen-bond donors (Lipinski definition) is 1. The fraction of sp³-hybridized carbons (Fsp3) is 0.364. The molecule has 6 nitrogen and oxygen atoms in total. The van der Waals surface area contributed by atoms with Crippen LogP contribution in [0, 0.1) is 0 Å². The van der Waals surface area contributed by atoms with Gasteiger partial charge in [-0.2, -0.15) is 22.8 Å². The molecule has 0 aromatic carbocycles. The smallest absolute Gasteiger partial charge is 0.435 e. The number of aliphatic carboxylic acids is 1. The van der Waals surface area contributed by atoms with Crippen LogP contribution in [0.2, 0.25) is 0 Å². The van der Waals surface area contributed by atoms with Crippen LogP contribution in [0.5, 0.6) is 0 Å². The van der Waals surface area contributed by atoms with E-state index in [-0.39, 0.29) is 17.9 Å². The van der Waals surface area contributed by atoms with Gasteiger partial charge in [0.05, 0.1) is 6.42 Å². The summed E-state index contributed by atoms with van der Waals surface area (Å²) < 4.78 is 39.8. The second kappa shape index (κ2) is 4.66. The van der Waals surface area contributed by atoms with Gasteiger partial charge in [-0.15, -0.1) is 0 Å². The van der Waals surface area contributed by atoms with Crippen molar-refractivity contribution in [2.75, 3.05) is 0 Å². The zero-order chi connectivity index (χ0) is 15.1. The van der Waals surface area contributed by atoms with Gasteiger partial charge in [0.25, 0.3) is 5.56 Å². The van der Waals surface area contributed by atoms with Crippen LogP contribution in [-0.4, -0.2) is 25.3 Å². The Morgan fingerprint density at radius 3 is 2.55 bits per heavy atom. The summed E-state index contributed by atoms with van der Waals surface area (Å²) in [5.41, 5.74) is -1.93. The quantitative estimate of drug-likeness (QED) is 0.920. The SMILES string of the molecule is CCn1c(CC(=O)O)cc(=O)n2nc(C(F)(F)F)cc12. The molecule has 2 rings (SSSR count). The molecular weight excluding hydrogens is 279 g/mol. The van der Waals surface area contributed by atoms with Gasteiger partial charge in [-0.05, 0) is 6.92 Å². The summed E-state index contributed by atoms with van der Waals surface area (Å²) in [6, 6.07) is 1.72. The average Bonchev–Trinajstić information content (AvgIpc) is 2.73. The molecule has 2 aromatic heterocycles. The Kier molecular flexibility index (Phi) is 3.28. The van der Waals surface area contributed by atoms with E-state index in [9.17, 15) is 22.8 Å². The molecule has 0 unspecified atom stereocenters. The number of carboxylic acid groups (broad SMARTS) is 1. The van der Waals surface area contributed by atoms with E-state index in [2.05, 4.69) is 5.10 Å². The summed E-state index contributed by atoms with van der Waals surface area (Å²) in [7, 11) is 0. The number of carbonyl (C=O) groups is 1. The molecule has 0 saturated carbocycles. The molecule has 0 aliphatic carbocycles. The van der Waals surface area contributed by atoms with E-state index in [0.717, 1.165) is 12.1 Å². The van der Waals surface area contributed by atoms with E-state index in [1.807, 2.05) is 0 Å². The second-order valence-corrected chi connectivity index (χ2v) is 4.09. The first-order valence-corrected chi connectivity index (χ1v) is 5.65. The Hall–Kier alpha value is -2.32. The Labute approximate surface area is 110 Å². The number of halogens is 3. The van der Waals surface area contributed by atoms with Crippen molar-refractivity contribution in [3.05, 3.63) is 33.9 Å². The summed E-state index contributed by atoms with van der Waals surface area (Å²) in [4.78, 5) is 22.4. The molecule has 1 N–H and O–H groups in total. The topological polar surface area (TPSA) is 76.6 Å². The first-order chi connectivity index (χ1) is 9.24. The van der Waals surface area contributed by atoms with Crippen molar-refractivity contribution in [2.45, 2.75) is 26.1 Å². The van der Waals surface area contributed by atoms with E-state index in [1.165, 1.54) is 4.57 Å². The molecule has 0 saturated heterocycles. The maximum Gasteiger partial charge on any atom is 0.435 e. The second-order valence-electron chi connectivity index (χ2n) is 4.09. The minimum Gasteiger partial charge on any atom is -0.481 e. The van der Waals surface area contributed by atoms with Crippen LogP contribution in [0.15, 0.2) is 16.9 Å². The van der Waals surface area contributed by atoms with Crippen molar-refractivity contribution in [2.24, 2.45) is 0 Å². The minimum absolute atomic E-state index is 0.0800. The molecular formula is C11H10F3N3O3. The zero-order valence-corrected chi connectivity index (χ0v) is 10.3. The van der Waals surface area contributed by atoms with Crippen LogP contribution >= 0.6 is 0 Å². The fourth-order valence-corrected chi connectivity index (χ4v) is 1.96. The van der Waals surface area contributed by atoms with Gasteiger partial charge in [-0.3, -0.25) is 9.59 Å². The summed E-state index contributed by atoms with van der Waals surface area (Å²) >= 11 is 0. The Morgan fingerprint density at radius 1 is 1.40 bits per heavy atom. The van der Waals surface area contributed by atoms with Gasteiger partial charge in [0, 0.05) is 24.4 Å². The van der Waals surface area contributed by atoms with Crippen molar-refractivity contribution in [1.29, 1.82) is 0 Å². The van der Waals surface area contributed by atoms with E-state index in [4.69, 9.17) is 5.11 Å². The lowest BCUT2D eigenvalue weighted by atomic mass is 10.3. The first-order valence-electron chi connectivity index (χ1n) is 5.65. The highest BCUT2D eigenvalue weighted by Crippen LogP contribution is 2.28. The highest BCUT2D eigenvalue weighted by atomic mass is 19.4. The van der Waals surface area contributed by atoms with Crippen molar-refractivity contribution < 1.29 is 23.1 Å². The number of rotatable bonds is 3. The third-order valence-corrected chi connectivity index (χ3v) is 2.75. The van der Waals surface area contributed by atoms with E-state index >= 15 is 0 Å². The van der Waals surface area contributed by atoms with Crippen molar-refractivity contribution in [1.82, 2.24) is 14.2 Å². The van der Waals surface area contributed by atoms with Crippen LogP contribution in [-0.2, 0) is 23.9 Å². The van der Waals surface area contributed by atoms with Gasteiger partial charge >= 0.3 is 12.1 Å². The molecule has 2 heterocycles. The molecule has 0 radical (unpaired) electrons. The zero-order valence-electron chi connectivity index (χ0n) is 10.3. The first kappa shape index (κ1) is 14.1. The van der Waals surface area contributed by atoms with E-state index < -0.39 is 29.8 Å². The molecule has 0 bridgehead atoms. The Balaban J connectivity index is 2.76. The van der Waals surface area contributed by atoms with Gasteiger partial charge in [0.15, 0.2) is 5.69 Å². The van der Waals surface area contributed by atoms with Gasteiger partial charge in [-0.25, -0.2) is 0 Å². The highest BCUT2D eigenvalue weighted by molar-refractivity contribution is 5.69. The predicted octanol–water partition coefficient (Wildman–Crippen LogP) is 1.16. The predicted molar refractivity (Wildman–Crippen MR) is 61.5 cm³/mol. The third-order valence-electron chi connectivity index (χ3n) is 2.75. The molecule has 0 aliphatic rings. The molecule has 20 heavy (non-hydrogen) atoms. The monoisotopic (exact) mass is 289 g/mol. The molecule has 0 spiro atoms. The standard InChI is InChI=1S/C11H10F3N3O3/c1-2-16-6(4-10(19)20)3-9(18)17-8(16)5-7(15-17)11(12,13)14/h3,5H,2,4H2,1H3,(H,19,20). The Bertz CT molecular complexity index is 730. The molecule has 2 aromatic rings. The fourth-order valence-electron chi connectivity index (χ4n) is 1.96. The number of aromatic nitrogens is 3. The summed E-state index contributed by atoms with van der Waals surface area (Å²) in [6.07, 6.45) is -5.12. The van der Waals surface area contributed by atoms with Gasteiger partial charge in [-0.1, -0.05) is 0 Å². The maximum atomic E-state index is 12.6. The van der Waals surface area contributed by atoms with Crippen LogP contribution in [0.25, 0.3) is 5.65 Å². The number of alkyl halides is 3. The number of nitrogens with zero attached hydrogens (tertiary/aromatic N) is 3. The number of hydrogen-bond acceptors (Lipinski definition) is 3. The molecule has 0 atom stereocenters. The van der Waals surface area contributed by atoms with E-state index in [1.54, 1.807) is 6.92 Å². The van der Waals surface area contributed by atoms with Gasteiger partial charge in [0.1, 0.15) is 5.65 Å².